The lowest BCUT2D eigenvalue weighted by atomic mass is 9.99. The zero-order valence-corrected chi connectivity index (χ0v) is 18.1. The number of para-hydroxylation sites is 1. The van der Waals surface area contributed by atoms with Gasteiger partial charge in [-0.2, -0.15) is 0 Å². The molecule has 0 aliphatic rings. The first-order valence-corrected chi connectivity index (χ1v) is 10.4. The molecule has 0 saturated heterocycles. The van der Waals surface area contributed by atoms with Crippen LogP contribution in [0.4, 0.5) is 5.69 Å². The Morgan fingerprint density at radius 3 is 2.36 bits per heavy atom. The summed E-state index contributed by atoms with van der Waals surface area (Å²) in [5, 5.41) is 0. The molecule has 0 spiro atoms. The van der Waals surface area contributed by atoms with Gasteiger partial charge in [-0.05, 0) is 74.4 Å². The number of aromatic nitrogens is 1. The average molecular weight is 373 g/mol. The monoisotopic (exact) mass is 372 g/mol. The van der Waals surface area contributed by atoms with Crippen molar-refractivity contribution in [2.75, 3.05) is 0 Å². The van der Waals surface area contributed by atoms with Gasteiger partial charge >= 0.3 is 0 Å². The maximum absolute atomic E-state index is 4.74. The van der Waals surface area contributed by atoms with Crippen molar-refractivity contribution in [2.24, 2.45) is 4.99 Å². The minimum absolute atomic E-state index is 0.596. The molecule has 0 aliphatic carbocycles. The summed E-state index contributed by atoms with van der Waals surface area (Å²) in [5.41, 5.74) is 10.0. The first-order valence-electron chi connectivity index (χ1n) is 10.4. The second kappa shape index (κ2) is 8.60. The first kappa shape index (κ1) is 20.1. The Balaban J connectivity index is 1.94. The van der Waals surface area contributed by atoms with E-state index in [1.54, 1.807) is 0 Å². The highest BCUT2D eigenvalue weighted by Gasteiger charge is 2.14. The third-order valence-corrected chi connectivity index (χ3v) is 5.82. The topological polar surface area (TPSA) is 17.3 Å². The van der Waals surface area contributed by atoms with Gasteiger partial charge in [-0.15, -0.1) is 0 Å². The Morgan fingerprint density at radius 1 is 1.00 bits per heavy atom. The van der Waals surface area contributed by atoms with Crippen LogP contribution < -0.4 is 0 Å². The molecule has 0 amide bonds. The van der Waals surface area contributed by atoms with Crippen molar-refractivity contribution in [3.8, 4) is 5.69 Å². The zero-order chi connectivity index (χ0) is 20.3. The van der Waals surface area contributed by atoms with Crippen molar-refractivity contribution in [3.63, 3.8) is 0 Å². The van der Waals surface area contributed by atoms with E-state index in [1.165, 1.54) is 39.3 Å². The SMILES string of the molecule is CCc1cccc(C)c1-n1c(C)cc(C=Nc2ccc([C@H](C)CC)cc2)c1C. The first-order chi connectivity index (χ1) is 13.5. The van der Waals surface area contributed by atoms with Crippen LogP contribution in [0, 0.1) is 20.8 Å². The van der Waals surface area contributed by atoms with Crippen LogP contribution in [0.25, 0.3) is 5.69 Å². The van der Waals surface area contributed by atoms with Gasteiger partial charge < -0.3 is 4.57 Å². The average Bonchev–Trinajstić information content (AvgIpc) is 2.99. The van der Waals surface area contributed by atoms with E-state index in [4.69, 9.17) is 4.99 Å². The Labute approximate surface area is 170 Å². The molecule has 0 fully saturated rings. The summed E-state index contributed by atoms with van der Waals surface area (Å²) in [6.45, 7) is 13.3. The standard InChI is InChI=1S/C26H32N2/c1-7-18(3)23-12-14-25(15-13-23)27-17-24-16-20(5)28(21(24)6)26-19(4)10-9-11-22(26)8-2/h9-18H,7-8H2,1-6H3/t18-/m1/s1. The lowest BCUT2D eigenvalue weighted by Crippen LogP contribution is -2.05. The normalized spacial score (nSPS) is 12.6. The molecule has 146 valence electrons. The Kier molecular flexibility index (Phi) is 6.18. The van der Waals surface area contributed by atoms with Gasteiger partial charge in [0.1, 0.15) is 0 Å². The molecule has 2 aromatic carbocycles. The van der Waals surface area contributed by atoms with E-state index in [-0.39, 0.29) is 0 Å². The molecule has 0 radical (unpaired) electrons. The van der Waals surface area contributed by atoms with E-state index in [1.807, 2.05) is 6.21 Å². The van der Waals surface area contributed by atoms with Crippen LogP contribution in [0.5, 0.6) is 0 Å². The lowest BCUT2D eigenvalue weighted by Gasteiger charge is -2.17. The molecular formula is C26H32N2. The van der Waals surface area contributed by atoms with Crippen LogP contribution in [0.3, 0.4) is 0 Å². The molecule has 0 N–H and O–H groups in total. The second-order valence-corrected chi connectivity index (χ2v) is 7.76. The van der Waals surface area contributed by atoms with Gasteiger partial charge in [0.15, 0.2) is 0 Å². The molecular weight excluding hydrogens is 340 g/mol. The fourth-order valence-corrected chi connectivity index (χ4v) is 3.86. The molecule has 0 bridgehead atoms. The quantitative estimate of drug-likeness (QED) is 0.406. The van der Waals surface area contributed by atoms with Crippen molar-refractivity contribution in [2.45, 2.75) is 60.3 Å². The summed E-state index contributed by atoms with van der Waals surface area (Å²) in [6, 6.07) is 17.4. The predicted octanol–water partition coefficient (Wildman–Crippen LogP) is 7.23. The lowest BCUT2D eigenvalue weighted by molar-refractivity contribution is 0.734. The van der Waals surface area contributed by atoms with Gasteiger partial charge in [-0.25, -0.2) is 0 Å². The molecule has 1 aromatic heterocycles. The van der Waals surface area contributed by atoms with Crippen molar-refractivity contribution >= 4 is 11.9 Å². The van der Waals surface area contributed by atoms with Crippen LogP contribution >= 0.6 is 0 Å². The number of benzene rings is 2. The van der Waals surface area contributed by atoms with Crippen molar-refractivity contribution in [1.82, 2.24) is 4.57 Å². The number of aliphatic imine (C=N–C) groups is 1. The summed E-state index contributed by atoms with van der Waals surface area (Å²) in [7, 11) is 0. The van der Waals surface area contributed by atoms with E-state index >= 15 is 0 Å². The fraction of sp³-hybridized carbons (Fsp3) is 0.346. The van der Waals surface area contributed by atoms with Crippen LogP contribution in [0.1, 0.15) is 66.8 Å². The van der Waals surface area contributed by atoms with Crippen LogP contribution in [-0.2, 0) is 6.42 Å². The molecule has 2 nitrogen and oxygen atoms in total. The molecule has 0 unspecified atom stereocenters. The number of rotatable bonds is 6. The Bertz CT molecular complexity index is 974. The van der Waals surface area contributed by atoms with Gasteiger partial charge in [0.25, 0.3) is 0 Å². The largest absolute Gasteiger partial charge is 0.317 e. The maximum atomic E-state index is 4.74. The van der Waals surface area contributed by atoms with Gasteiger partial charge in [0.05, 0.1) is 11.4 Å². The van der Waals surface area contributed by atoms with Gasteiger partial charge in [-0.3, -0.25) is 4.99 Å². The van der Waals surface area contributed by atoms with Crippen LogP contribution in [0.2, 0.25) is 0 Å². The van der Waals surface area contributed by atoms with E-state index in [9.17, 15) is 0 Å². The third-order valence-electron chi connectivity index (χ3n) is 5.82. The minimum Gasteiger partial charge on any atom is -0.317 e. The molecule has 3 rings (SSSR count). The Hall–Kier alpha value is -2.61. The summed E-state index contributed by atoms with van der Waals surface area (Å²) in [4.78, 5) is 4.74. The number of nitrogens with zero attached hydrogens (tertiary/aromatic N) is 2. The third kappa shape index (κ3) is 3.96. The van der Waals surface area contributed by atoms with E-state index in [0.29, 0.717) is 5.92 Å². The summed E-state index contributed by atoms with van der Waals surface area (Å²) in [6.07, 6.45) is 4.19. The molecule has 0 aliphatic heterocycles. The highest BCUT2D eigenvalue weighted by molar-refractivity contribution is 5.84. The summed E-state index contributed by atoms with van der Waals surface area (Å²) >= 11 is 0. The number of hydrogen-bond acceptors (Lipinski definition) is 1. The molecule has 1 atom stereocenters. The van der Waals surface area contributed by atoms with Crippen molar-refractivity contribution in [1.29, 1.82) is 0 Å². The van der Waals surface area contributed by atoms with Crippen molar-refractivity contribution in [3.05, 3.63) is 82.2 Å². The van der Waals surface area contributed by atoms with E-state index in [2.05, 4.69) is 94.6 Å². The van der Waals surface area contributed by atoms with E-state index in [0.717, 1.165) is 18.5 Å². The number of hydrogen-bond donors (Lipinski definition) is 0. The fourth-order valence-electron chi connectivity index (χ4n) is 3.86. The second-order valence-electron chi connectivity index (χ2n) is 7.76. The molecule has 0 saturated carbocycles. The maximum Gasteiger partial charge on any atom is 0.0630 e. The molecule has 28 heavy (non-hydrogen) atoms. The van der Waals surface area contributed by atoms with Gasteiger partial charge in [0, 0.05) is 23.2 Å². The van der Waals surface area contributed by atoms with Gasteiger partial charge in [0.2, 0.25) is 0 Å². The predicted molar refractivity (Wildman–Crippen MR) is 122 cm³/mol. The molecule has 2 heteroatoms. The summed E-state index contributed by atoms with van der Waals surface area (Å²) < 4.78 is 2.38. The van der Waals surface area contributed by atoms with Crippen LogP contribution in [0.15, 0.2) is 53.5 Å². The number of aryl methyl sites for hydroxylation is 3. The van der Waals surface area contributed by atoms with Gasteiger partial charge in [-0.1, -0.05) is 51.1 Å². The highest BCUT2D eigenvalue weighted by Crippen LogP contribution is 2.27. The zero-order valence-electron chi connectivity index (χ0n) is 18.1. The highest BCUT2D eigenvalue weighted by atomic mass is 15.0. The summed E-state index contributed by atoms with van der Waals surface area (Å²) in [5.74, 6) is 0.596. The van der Waals surface area contributed by atoms with E-state index < -0.39 is 0 Å². The Morgan fingerprint density at radius 2 is 1.71 bits per heavy atom. The smallest absolute Gasteiger partial charge is 0.0630 e. The van der Waals surface area contributed by atoms with Crippen molar-refractivity contribution < 1.29 is 0 Å². The molecule has 3 aromatic rings. The van der Waals surface area contributed by atoms with Crippen LogP contribution in [-0.4, -0.2) is 10.8 Å². The molecule has 1 heterocycles. The minimum atomic E-state index is 0.596.